The third kappa shape index (κ3) is 11.5. The lowest BCUT2D eigenvalue weighted by Gasteiger charge is -2.45. The summed E-state index contributed by atoms with van der Waals surface area (Å²) in [5.41, 5.74) is 0. The van der Waals surface area contributed by atoms with Gasteiger partial charge < -0.3 is 34.3 Å². The number of hydrogen-bond acceptors (Lipinski definition) is 10. The molecule has 0 aromatic carbocycles. The second-order valence-electron chi connectivity index (χ2n) is 8.33. The Morgan fingerprint density at radius 1 is 0.861 bits per heavy atom. The molecule has 0 aromatic rings. The van der Waals surface area contributed by atoms with E-state index in [1.165, 1.54) is 13.0 Å². The number of carbonyl (C=O) groups is 5. The maximum atomic E-state index is 12.7. The Morgan fingerprint density at radius 3 is 2.08 bits per heavy atom. The number of alkyl carbamates (subject to hydrolysis) is 1. The summed E-state index contributed by atoms with van der Waals surface area (Å²) >= 11 is 0. The number of unbranched alkanes of at least 4 members (excludes halogenated alkanes) is 4. The Balaban J connectivity index is 3.21. The van der Waals surface area contributed by atoms with Gasteiger partial charge in [-0.25, -0.2) is 4.79 Å². The summed E-state index contributed by atoms with van der Waals surface area (Å²) in [6.45, 7) is 8.56. The number of rotatable bonds is 14. The molecule has 0 radical (unpaired) electrons. The Hall–Kier alpha value is -3.15. The van der Waals surface area contributed by atoms with Gasteiger partial charge >= 0.3 is 24.0 Å². The Kier molecular flexibility index (Phi) is 14.2. The maximum absolute atomic E-state index is 12.7. The van der Waals surface area contributed by atoms with E-state index < -0.39 is 54.6 Å². The van der Waals surface area contributed by atoms with Crippen LogP contribution in [0.25, 0.3) is 0 Å². The predicted molar refractivity (Wildman–Crippen MR) is 126 cm³/mol. The molecule has 0 unspecified atom stereocenters. The van der Waals surface area contributed by atoms with E-state index in [0.29, 0.717) is 6.42 Å². The van der Waals surface area contributed by atoms with Crippen LogP contribution in [0.5, 0.6) is 0 Å². The van der Waals surface area contributed by atoms with Gasteiger partial charge in [0.05, 0.1) is 0 Å². The third-order valence-corrected chi connectivity index (χ3v) is 5.17. The van der Waals surface area contributed by atoms with E-state index in [9.17, 15) is 24.0 Å². The van der Waals surface area contributed by atoms with Crippen molar-refractivity contribution in [2.24, 2.45) is 0 Å². The summed E-state index contributed by atoms with van der Waals surface area (Å²) in [6.07, 6.45) is 0.441. The Morgan fingerprint density at radius 2 is 1.50 bits per heavy atom. The predicted octanol–water partition coefficient (Wildman–Crippen LogP) is 1.90. The molecule has 0 saturated carbocycles. The van der Waals surface area contributed by atoms with Gasteiger partial charge in [0.2, 0.25) is 5.91 Å². The van der Waals surface area contributed by atoms with Crippen molar-refractivity contribution in [1.29, 1.82) is 0 Å². The quantitative estimate of drug-likeness (QED) is 0.152. The van der Waals surface area contributed by atoms with Gasteiger partial charge in [-0.15, -0.1) is 0 Å². The van der Waals surface area contributed by atoms with E-state index in [4.69, 9.17) is 23.7 Å². The van der Waals surface area contributed by atoms with Crippen molar-refractivity contribution in [2.75, 3.05) is 13.2 Å². The molecular formula is C24H38N2O10. The van der Waals surface area contributed by atoms with Crippen molar-refractivity contribution < 1.29 is 47.7 Å². The van der Waals surface area contributed by atoms with E-state index in [-0.39, 0.29) is 25.5 Å². The number of esters is 3. The minimum Gasteiger partial charge on any atom is -0.463 e. The average Bonchev–Trinajstić information content (AvgIpc) is 2.79. The van der Waals surface area contributed by atoms with Gasteiger partial charge in [-0.05, 0) is 6.42 Å². The molecule has 2 N–H and O–H groups in total. The molecule has 1 rings (SSSR count). The molecule has 1 fully saturated rings. The van der Waals surface area contributed by atoms with Crippen LogP contribution in [0.3, 0.4) is 0 Å². The van der Waals surface area contributed by atoms with Crippen LogP contribution in [0.1, 0.15) is 66.2 Å². The molecule has 0 spiro atoms. The number of nitrogens with one attached hydrogen (secondary N) is 2. The fourth-order valence-corrected chi connectivity index (χ4v) is 3.65. The van der Waals surface area contributed by atoms with Gasteiger partial charge in [0.1, 0.15) is 25.4 Å². The molecule has 1 aliphatic heterocycles. The van der Waals surface area contributed by atoms with Gasteiger partial charge in [-0.3, -0.25) is 19.2 Å². The largest absolute Gasteiger partial charge is 0.463 e. The molecule has 0 bridgehead atoms. The maximum Gasteiger partial charge on any atom is 0.407 e. The monoisotopic (exact) mass is 514 g/mol. The van der Waals surface area contributed by atoms with Crippen LogP contribution in [-0.4, -0.2) is 73.7 Å². The summed E-state index contributed by atoms with van der Waals surface area (Å²) in [5, 5.41) is 5.20. The summed E-state index contributed by atoms with van der Waals surface area (Å²) in [6, 6.07) is -1.20. The van der Waals surface area contributed by atoms with Gasteiger partial charge in [0, 0.05) is 27.2 Å². The molecule has 1 aliphatic rings. The summed E-state index contributed by atoms with van der Waals surface area (Å²) < 4.78 is 26.7. The van der Waals surface area contributed by atoms with Gasteiger partial charge in [0.25, 0.3) is 0 Å². The zero-order chi connectivity index (χ0) is 27.1. The number of hydrogen-bond donors (Lipinski definition) is 2. The first-order valence-corrected chi connectivity index (χ1v) is 12.1. The van der Waals surface area contributed by atoms with Gasteiger partial charge in [-0.2, -0.15) is 0 Å². The van der Waals surface area contributed by atoms with E-state index >= 15 is 0 Å². The first kappa shape index (κ1) is 30.9. The highest BCUT2D eigenvalue weighted by molar-refractivity contribution is 5.76. The average molecular weight is 515 g/mol. The van der Waals surface area contributed by atoms with Gasteiger partial charge in [0.15, 0.2) is 18.4 Å². The summed E-state index contributed by atoms with van der Waals surface area (Å²) in [5.74, 6) is -2.44. The molecule has 5 atom stereocenters. The van der Waals surface area contributed by atoms with Crippen LogP contribution in [0.2, 0.25) is 0 Å². The van der Waals surface area contributed by atoms with E-state index in [1.807, 2.05) is 0 Å². The highest BCUT2D eigenvalue weighted by Gasteiger charge is 2.51. The lowest BCUT2D eigenvalue weighted by molar-refractivity contribution is -0.227. The highest BCUT2D eigenvalue weighted by atomic mass is 16.6. The fraction of sp³-hybridized carbons (Fsp3) is 0.708. The summed E-state index contributed by atoms with van der Waals surface area (Å²) in [7, 11) is 0. The topological polar surface area (TPSA) is 156 Å². The summed E-state index contributed by atoms with van der Waals surface area (Å²) in [4.78, 5) is 60.2. The fourth-order valence-electron chi connectivity index (χ4n) is 3.65. The first-order chi connectivity index (χ1) is 17.1. The molecule has 2 amide bonds. The zero-order valence-electron chi connectivity index (χ0n) is 21.4. The van der Waals surface area contributed by atoms with Crippen molar-refractivity contribution >= 4 is 29.9 Å². The van der Waals surface area contributed by atoms with E-state index in [0.717, 1.165) is 39.5 Å². The number of amides is 2. The lowest BCUT2D eigenvalue weighted by Crippen LogP contribution is -2.69. The minimum absolute atomic E-state index is 0.102. The molecule has 1 saturated heterocycles. The number of ether oxygens (including phenoxy) is 5. The zero-order valence-corrected chi connectivity index (χ0v) is 21.4. The standard InChI is InChI=1S/C24H38N2O10/c1-6-8-9-10-11-12-19(30)25-23-20(26-24(31)32-13-7-2)22(35-17(5)29)21(34-16(4)28)18(36-23)14-33-15(3)27/h7,18,20-23H,2,6,8-14H2,1,3-5H3,(H,25,30)(H,26,31)/t18-,20-,21-,22-,23-/m1/s1. The molecular weight excluding hydrogens is 476 g/mol. The first-order valence-electron chi connectivity index (χ1n) is 12.1. The van der Waals surface area contributed by atoms with Crippen molar-refractivity contribution in [3.05, 3.63) is 12.7 Å². The van der Waals surface area contributed by atoms with Crippen molar-refractivity contribution in [1.82, 2.24) is 10.6 Å². The Bertz CT molecular complexity index is 772. The third-order valence-electron chi connectivity index (χ3n) is 5.17. The molecule has 36 heavy (non-hydrogen) atoms. The molecule has 204 valence electrons. The van der Waals surface area contributed by atoms with Crippen LogP contribution in [-0.2, 0) is 42.9 Å². The van der Waals surface area contributed by atoms with E-state index in [1.54, 1.807) is 0 Å². The molecule has 12 heteroatoms. The van der Waals surface area contributed by atoms with Crippen LogP contribution in [0.15, 0.2) is 12.7 Å². The highest BCUT2D eigenvalue weighted by Crippen LogP contribution is 2.26. The van der Waals surface area contributed by atoms with Crippen molar-refractivity contribution in [3.63, 3.8) is 0 Å². The second-order valence-corrected chi connectivity index (χ2v) is 8.33. The normalized spacial score (nSPS) is 23.1. The molecule has 1 heterocycles. The van der Waals surface area contributed by atoms with Crippen molar-refractivity contribution in [3.8, 4) is 0 Å². The molecule has 12 nitrogen and oxygen atoms in total. The van der Waals surface area contributed by atoms with Crippen LogP contribution < -0.4 is 10.6 Å². The number of carbonyl (C=O) groups excluding carboxylic acids is 5. The minimum atomic E-state index is -1.30. The van der Waals surface area contributed by atoms with Crippen molar-refractivity contribution in [2.45, 2.75) is 96.8 Å². The lowest BCUT2D eigenvalue weighted by atomic mass is 9.95. The van der Waals surface area contributed by atoms with Crippen LogP contribution in [0.4, 0.5) is 4.79 Å². The van der Waals surface area contributed by atoms with Crippen LogP contribution >= 0.6 is 0 Å². The smallest absolute Gasteiger partial charge is 0.407 e. The van der Waals surface area contributed by atoms with E-state index in [2.05, 4.69) is 24.1 Å². The molecule has 0 aliphatic carbocycles. The van der Waals surface area contributed by atoms with Crippen LogP contribution in [0, 0.1) is 0 Å². The van der Waals surface area contributed by atoms with Gasteiger partial charge in [-0.1, -0.05) is 45.3 Å². The Labute approximate surface area is 211 Å². The molecule has 0 aromatic heterocycles. The second kappa shape index (κ2) is 16.5. The SMILES string of the molecule is C=CCOC(=O)N[C@@H]1[C@@H](OC(C)=O)[C@H](OC(C)=O)[C@@H](COC(C)=O)O[C@H]1NC(=O)CCCCCCC.